The van der Waals surface area contributed by atoms with Gasteiger partial charge in [0.2, 0.25) is 0 Å². The molecule has 1 aromatic rings. The van der Waals surface area contributed by atoms with Crippen LogP contribution in [-0.4, -0.2) is 30.4 Å². The van der Waals surface area contributed by atoms with E-state index in [0.29, 0.717) is 0 Å². The number of hydrogen-bond donors (Lipinski definition) is 1. The molecule has 0 atom stereocenters. The Morgan fingerprint density at radius 2 is 2.28 bits per heavy atom. The fourth-order valence-corrected chi connectivity index (χ4v) is 2.71. The van der Waals surface area contributed by atoms with Gasteiger partial charge < -0.3 is 10.2 Å². The number of hydrogen-bond acceptors (Lipinski definition) is 2. The fraction of sp³-hybridized carbons (Fsp3) is 0.400. The van der Waals surface area contributed by atoms with Gasteiger partial charge in [-0.15, -0.1) is 0 Å². The first-order chi connectivity index (χ1) is 8.74. The lowest BCUT2D eigenvalue weighted by atomic mass is 10.1. The minimum atomic E-state index is 0.164. The molecule has 3 rings (SSSR count). The highest BCUT2D eigenvalue weighted by Crippen LogP contribution is 2.24. The zero-order valence-electron chi connectivity index (χ0n) is 10.7. The number of carbonyl (C=O) groups is 1. The molecule has 1 aromatic carbocycles. The summed E-state index contributed by atoms with van der Waals surface area (Å²) in [5.74, 6) is 0.164. The van der Waals surface area contributed by atoms with E-state index in [9.17, 15) is 4.79 Å². The Morgan fingerprint density at radius 1 is 1.39 bits per heavy atom. The van der Waals surface area contributed by atoms with Crippen molar-refractivity contribution in [3.8, 4) is 0 Å². The Labute approximate surface area is 107 Å². The smallest absolute Gasteiger partial charge is 0.254 e. The predicted molar refractivity (Wildman–Crippen MR) is 72.9 cm³/mol. The number of carbonyl (C=O) groups excluding carboxylic acids is 1. The fourth-order valence-electron chi connectivity index (χ4n) is 2.71. The summed E-state index contributed by atoms with van der Waals surface area (Å²) in [7, 11) is 0. The molecule has 0 spiro atoms. The lowest BCUT2D eigenvalue weighted by molar-refractivity contribution is 0.0766. The normalized spacial score (nSPS) is 18.1. The van der Waals surface area contributed by atoms with Crippen molar-refractivity contribution in [2.24, 2.45) is 0 Å². The second-order valence-corrected chi connectivity index (χ2v) is 5.11. The lowest BCUT2D eigenvalue weighted by Crippen LogP contribution is -2.35. The van der Waals surface area contributed by atoms with Gasteiger partial charge in [0.15, 0.2) is 0 Å². The van der Waals surface area contributed by atoms with Crippen molar-refractivity contribution in [1.82, 2.24) is 4.90 Å². The SMILES string of the molecule is CC1=CCCN(C(=O)c2ccc3c(c2)CCN3)C1. The first kappa shape index (κ1) is 11.3. The molecule has 0 radical (unpaired) electrons. The maximum absolute atomic E-state index is 12.4. The Balaban J connectivity index is 1.82. The van der Waals surface area contributed by atoms with Crippen LogP contribution in [0.2, 0.25) is 0 Å². The van der Waals surface area contributed by atoms with Gasteiger partial charge in [-0.2, -0.15) is 0 Å². The molecule has 2 aliphatic heterocycles. The van der Waals surface area contributed by atoms with E-state index in [4.69, 9.17) is 0 Å². The average molecular weight is 242 g/mol. The number of rotatable bonds is 1. The third-order valence-electron chi connectivity index (χ3n) is 3.68. The van der Waals surface area contributed by atoms with E-state index in [2.05, 4.69) is 18.3 Å². The van der Waals surface area contributed by atoms with E-state index in [1.807, 2.05) is 23.1 Å². The van der Waals surface area contributed by atoms with Crippen LogP contribution in [-0.2, 0) is 6.42 Å². The Morgan fingerprint density at radius 3 is 3.11 bits per heavy atom. The summed E-state index contributed by atoms with van der Waals surface area (Å²) in [4.78, 5) is 14.4. The predicted octanol–water partition coefficient (Wildman–Crippen LogP) is 2.45. The number of nitrogens with zero attached hydrogens (tertiary/aromatic N) is 1. The third kappa shape index (κ3) is 2.01. The van der Waals surface area contributed by atoms with Crippen LogP contribution in [0.25, 0.3) is 0 Å². The van der Waals surface area contributed by atoms with Crippen LogP contribution < -0.4 is 5.32 Å². The monoisotopic (exact) mass is 242 g/mol. The number of benzene rings is 1. The summed E-state index contributed by atoms with van der Waals surface area (Å²) in [6.07, 6.45) is 4.22. The average Bonchev–Trinajstić information content (AvgIpc) is 2.85. The number of fused-ring (bicyclic) bond motifs is 1. The summed E-state index contributed by atoms with van der Waals surface area (Å²) in [5, 5.41) is 3.32. The first-order valence-corrected chi connectivity index (χ1v) is 6.56. The second kappa shape index (κ2) is 4.48. The van der Waals surface area contributed by atoms with Gasteiger partial charge >= 0.3 is 0 Å². The summed E-state index contributed by atoms with van der Waals surface area (Å²) < 4.78 is 0. The van der Waals surface area contributed by atoms with Gasteiger partial charge in [0.1, 0.15) is 0 Å². The van der Waals surface area contributed by atoms with Gasteiger partial charge in [0.05, 0.1) is 0 Å². The van der Waals surface area contributed by atoms with Crippen LogP contribution in [0.5, 0.6) is 0 Å². The van der Waals surface area contributed by atoms with Crippen LogP contribution in [0, 0.1) is 0 Å². The van der Waals surface area contributed by atoms with Crippen LogP contribution in [0.15, 0.2) is 29.8 Å². The van der Waals surface area contributed by atoms with E-state index in [1.54, 1.807) is 0 Å². The molecule has 0 bridgehead atoms. The Hall–Kier alpha value is -1.77. The molecule has 3 heteroatoms. The summed E-state index contributed by atoms with van der Waals surface area (Å²) >= 11 is 0. The van der Waals surface area contributed by atoms with E-state index in [0.717, 1.165) is 38.0 Å². The van der Waals surface area contributed by atoms with Crippen LogP contribution >= 0.6 is 0 Å². The topological polar surface area (TPSA) is 32.3 Å². The molecule has 0 fully saturated rings. The minimum absolute atomic E-state index is 0.164. The number of anilines is 1. The molecule has 3 nitrogen and oxygen atoms in total. The third-order valence-corrected chi connectivity index (χ3v) is 3.68. The molecule has 1 amide bonds. The van der Waals surface area contributed by atoms with Gasteiger partial charge in [-0.25, -0.2) is 0 Å². The van der Waals surface area contributed by atoms with Crippen molar-refractivity contribution in [2.75, 3.05) is 25.0 Å². The molecule has 0 aliphatic carbocycles. The summed E-state index contributed by atoms with van der Waals surface area (Å²) in [6.45, 7) is 4.68. The van der Waals surface area contributed by atoms with Crippen LogP contribution in [0.3, 0.4) is 0 Å². The van der Waals surface area contributed by atoms with Crippen molar-refractivity contribution in [2.45, 2.75) is 19.8 Å². The molecular formula is C15H18N2O. The largest absolute Gasteiger partial charge is 0.384 e. The van der Waals surface area contributed by atoms with E-state index in [-0.39, 0.29) is 5.91 Å². The number of amides is 1. The molecule has 0 unspecified atom stereocenters. The molecule has 18 heavy (non-hydrogen) atoms. The Kier molecular flexibility index (Phi) is 2.82. The van der Waals surface area contributed by atoms with Crippen molar-refractivity contribution in [3.05, 3.63) is 41.0 Å². The highest BCUT2D eigenvalue weighted by molar-refractivity contribution is 5.95. The van der Waals surface area contributed by atoms with Crippen molar-refractivity contribution in [3.63, 3.8) is 0 Å². The molecule has 2 heterocycles. The van der Waals surface area contributed by atoms with E-state index in [1.165, 1.54) is 16.8 Å². The maximum atomic E-state index is 12.4. The van der Waals surface area contributed by atoms with Gasteiger partial charge in [-0.1, -0.05) is 11.6 Å². The summed E-state index contributed by atoms with van der Waals surface area (Å²) in [5.41, 5.74) is 4.57. The highest BCUT2D eigenvalue weighted by atomic mass is 16.2. The second-order valence-electron chi connectivity index (χ2n) is 5.11. The highest BCUT2D eigenvalue weighted by Gasteiger charge is 2.20. The molecule has 94 valence electrons. The molecule has 1 N–H and O–H groups in total. The zero-order chi connectivity index (χ0) is 12.5. The molecule has 0 saturated heterocycles. The van der Waals surface area contributed by atoms with E-state index >= 15 is 0 Å². The zero-order valence-corrected chi connectivity index (χ0v) is 10.7. The summed E-state index contributed by atoms with van der Waals surface area (Å²) in [6, 6.07) is 6.01. The molecule has 0 saturated carbocycles. The minimum Gasteiger partial charge on any atom is -0.384 e. The van der Waals surface area contributed by atoms with Gasteiger partial charge in [-0.05, 0) is 43.5 Å². The maximum Gasteiger partial charge on any atom is 0.254 e. The van der Waals surface area contributed by atoms with Crippen molar-refractivity contribution < 1.29 is 4.79 Å². The first-order valence-electron chi connectivity index (χ1n) is 6.56. The van der Waals surface area contributed by atoms with Crippen molar-refractivity contribution >= 4 is 11.6 Å². The van der Waals surface area contributed by atoms with Gasteiger partial charge in [-0.3, -0.25) is 4.79 Å². The lowest BCUT2D eigenvalue weighted by Gasteiger charge is -2.26. The quantitative estimate of drug-likeness (QED) is 0.767. The van der Waals surface area contributed by atoms with Crippen molar-refractivity contribution in [1.29, 1.82) is 0 Å². The van der Waals surface area contributed by atoms with Crippen LogP contribution in [0.4, 0.5) is 5.69 Å². The van der Waals surface area contributed by atoms with E-state index < -0.39 is 0 Å². The van der Waals surface area contributed by atoms with Gasteiger partial charge in [0, 0.05) is 30.9 Å². The molecule has 0 aromatic heterocycles. The number of nitrogens with one attached hydrogen (secondary N) is 1. The van der Waals surface area contributed by atoms with Crippen LogP contribution in [0.1, 0.15) is 29.3 Å². The Bertz CT molecular complexity index is 519. The standard InChI is InChI=1S/C15H18N2O/c1-11-3-2-8-17(10-11)15(18)13-4-5-14-12(9-13)6-7-16-14/h3-5,9,16H,2,6-8,10H2,1H3. The van der Waals surface area contributed by atoms with Gasteiger partial charge in [0.25, 0.3) is 5.91 Å². The molecular weight excluding hydrogens is 224 g/mol. The molecule has 2 aliphatic rings.